The largest absolute Gasteiger partial charge is 0.270 e. The van der Waals surface area contributed by atoms with E-state index in [0.29, 0.717) is 0 Å². The van der Waals surface area contributed by atoms with E-state index in [0.717, 1.165) is 28.4 Å². The third kappa shape index (κ3) is 3.90. The van der Waals surface area contributed by atoms with E-state index in [9.17, 15) is 10.1 Å². The molecule has 0 bridgehead atoms. The SMILES string of the molecule is CCCC(Cl)Cc1ccc([N+](=O)[O-])cc1I. The molecule has 0 amide bonds. The highest BCUT2D eigenvalue weighted by Crippen LogP contribution is 2.22. The number of alkyl halides is 1. The predicted molar refractivity (Wildman–Crippen MR) is 74.1 cm³/mol. The number of halogens is 2. The Bertz CT molecular complexity index is 384. The second-order valence-electron chi connectivity index (χ2n) is 3.62. The lowest BCUT2D eigenvalue weighted by molar-refractivity contribution is -0.385. The average molecular weight is 354 g/mol. The van der Waals surface area contributed by atoms with Crippen LogP contribution in [-0.2, 0) is 6.42 Å². The Labute approximate surface area is 113 Å². The van der Waals surface area contributed by atoms with E-state index in [2.05, 4.69) is 29.5 Å². The fourth-order valence-electron chi connectivity index (χ4n) is 1.47. The van der Waals surface area contributed by atoms with E-state index in [1.165, 1.54) is 6.07 Å². The van der Waals surface area contributed by atoms with Gasteiger partial charge in [0.25, 0.3) is 5.69 Å². The zero-order valence-electron chi connectivity index (χ0n) is 8.95. The van der Waals surface area contributed by atoms with Crippen molar-refractivity contribution in [2.24, 2.45) is 0 Å². The molecule has 0 heterocycles. The molecule has 1 rings (SSSR count). The molecule has 1 unspecified atom stereocenters. The monoisotopic (exact) mass is 353 g/mol. The summed E-state index contributed by atoms with van der Waals surface area (Å²) < 4.78 is 0.911. The standard InChI is InChI=1S/C11H13ClINO2/c1-2-3-9(12)6-8-4-5-10(14(15)16)7-11(8)13/h4-5,7,9H,2-3,6H2,1H3. The van der Waals surface area contributed by atoms with Crippen molar-refractivity contribution in [3.63, 3.8) is 0 Å². The molecule has 0 saturated heterocycles. The van der Waals surface area contributed by atoms with Crippen LogP contribution in [0.5, 0.6) is 0 Å². The summed E-state index contributed by atoms with van der Waals surface area (Å²) in [6.45, 7) is 2.09. The van der Waals surface area contributed by atoms with Crippen LogP contribution in [0.15, 0.2) is 18.2 Å². The molecular formula is C11H13ClINO2. The molecule has 0 aliphatic heterocycles. The van der Waals surface area contributed by atoms with Gasteiger partial charge in [-0.05, 0) is 41.0 Å². The highest BCUT2D eigenvalue weighted by molar-refractivity contribution is 14.1. The van der Waals surface area contributed by atoms with Gasteiger partial charge in [0, 0.05) is 21.1 Å². The molecule has 0 saturated carbocycles. The van der Waals surface area contributed by atoms with Crippen molar-refractivity contribution < 1.29 is 4.92 Å². The van der Waals surface area contributed by atoms with Gasteiger partial charge in [0.2, 0.25) is 0 Å². The van der Waals surface area contributed by atoms with Gasteiger partial charge in [0.1, 0.15) is 0 Å². The number of hydrogen-bond donors (Lipinski definition) is 0. The number of hydrogen-bond acceptors (Lipinski definition) is 2. The number of non-ortho nitro benzene ring substituents is 1. The molecule has 16 heavy (non-hydrogen) atoms. The molecular weight excluding hydrogens is 340 g/mol. The number of nitrogens with zero attached hydrogens (tertiary/aromatic N) is 1. The van der Waals surface area contributed by atoms with Gasteiger partial charge < -0.3 is 0 Å². The molecule has 1 aromatic carbocycles. The Balaban J connectivity index is 2.79. The number of benzene rings is 1. The third-order valence-electron chi connectivity index (χ3n) is 2.29. The molecule has 0 spiro atoms. The summed E-state index contributed by atoms with van der Waals surface area (Å²) >= 11 is 8.27. The van der Waals surface area contributed by atoms with Crippen LogP contribution < -0.4 is 0 Å². The van der Waals surface area contributed by atoms with Crippen LogP contribution in [0.3, 0.4) is 0 Å². The third-order valence-corrected chi connectivity index (χ3v) is 3.67. The maximum atomic E-state index is 10.6. The molecule has 0 radical (unpaired) electrons. The Morgan fingerprint density at radius 2 is 2.25 bits per heavy atom. The lowest BCUT2D eigenvalue weighted by Gasteiger charge is -2.09. The summed E-state index contributed by atoms with van der Waals surface area (Å²) in [6, 6.07) is 4.92. The van der Waals surface area contributed by atoms with Gasteiger partial charge in [0.15, 0.2) is 0 Å². The lowest BCUT2D eigenvalue weighted by atomic mass is 10.1. The zero-order chi connectivity index (χ0) is 12.1. The summed E-state index contributed by atoms with van der Waals surface area (Å²) in [5.41, 5.74) is 1.22. The molecule has 1 atom stereocenters. The highest BCUT2D eigenvalue weighted by atomic mass is 127. The predicted octanol–water partition coefficient (Wildman–Crippen LogP) is 4.15. The van der Waals surface area contributed by atoms with Crippen LogP contribution in [0.2, 0.25) is 0 Å². The summed E-state index contributed by atoms with van der Waals surface area (Å²) in [6.07, 6.45) is 2.79. The van der Waals surface area contributed by atoms with Crippen molar-refractivity contribution in [3.05, 3.63) is 37.4 Å². The first-order valence-electron chi connectivity index (χ1n) is 5.11. The van der Waals surface area contributed by atoms with Crippen LogP contribution >= 0.6 is 34.2 Å². The Morgan fingerprint density at radius 3 is 2.75 bits per heavy atom. The molecule has 5 heteroatoms. The van der Waals surface area contributed by atoms with E-state index < -0.39 is 0 Å². The van der Waals surface area contributed by atoms with Crippen molar-refractivity contribution in [1.29, 1.82) is 0 Å². The average Bonchev–Trinajstić information content (AvgIpc) is 2.21. The Morgan fingerprint density at radius 1 is 1.56 bits per heavy atom. The fraction of sp³-hybridized carbons (Fsp3) is 0.455. The smallest absolute Gasteiger partial charge is 0.258 e. The van der Waals surface area contributed by atoms with Gasteiger partial charge in [0.05, 0.1) is 4.92 Å². The summed E-state index contributed by atoms with van der Waals surface area (Å²) in [7, 11) is 0. The molecule has 0 aliphatic carbocycles. The molecule has 3 nitrogen and oxygen atoms in total. The van der Waals surface area contributed by atoms with Crippen LogP contribution in [-0.4, -0.2) is 10.3 Å². The highest BCUT2D eigenvalue weighted by Gasteiger charge is 2.11. The first kappa shape index (κ1) is 13.7. The van der Waals surface area contributed by atoms with E-state index in [1.54, 1.807) is 12.1 Å². The molecule has 88 valence electrons. The second kappa shape index (κ2) is 6.39. The van der Waals surface area contributed by atoms with Crippen molar-refractivity contribution in [2.75, 3.05) is 0 Å². The minimum Gasteiger partial charge on any atom is -0.258 e. The second-order valence-corrected chi connectivity index (χ2v) is 5.40. The van der Waals surface area contributed by atoms with Crippen LogP contribution in [0.1, 0.15) is 25.3 Å². The minimum absolute atomic E-state index is 0.111. The van der Waals surface area contributed by atoms with Crippen LogP contribution in [0, 0.1) is 13.7 Å². The first-order valence-corrected chi connectivity index (χ1v) is 6.63. The van der Waals surface area contributed by atoms with Crippen LogP contribution in [0.4, 0.5) is 5.69 Å². The van der Waals surface area contributed by atoms with Gasteiger partial charge in [-0.1, -0.05) is 19.4 Å². The molecule has 0 aliphatic rings. The lowest BCUT2D eigenvalue weighted by Crippen LogP contribution is -2.04. The van der Waals surface area contributed by atoms with Crippen molar-refractivity contribution in [3.8, 4) is 0 Å². The van der Waals surface area contributed by atoms with E-state index >= 15 is 0 Å². The van der Waals surface area contributed by atoms with E-state index in [1.807, 2.05) is 0 Å². The normalized spacial score (nSPS) is 12.4. The Hall–Kier alpha value is -0.360. The van der Waals surface area contributed by atoms with Crippen LogP contribution in [0.25, 0.3) is 0 Å². The van der Waals surface area contributed by atoms with Gasteiger partial charge in [-0.25, -0.2) is 0 Å². The quantitative estimate of drug-likeness (QED) is 0.345. The minimum atomic E-state index is -0.379. The number of nitro benzene ring substituents is 1. The Kier molecular flexibility index (Phi) is 5.48. The maximum absolute atomic E-state index is 10.6. The van der Waals surface area contributed by atoms with Crippen molar-refractivity contribution in [1.82, 2.24) is 0 Å². The van der Waals surface area contributed by atoms with Gasteiger partial charge in [-0.15, -0.1) is 11.6 Å². The van der Waals surface area contributed by atoms with E-state index in [4.69, 9.17) is 11.6 Å². The van der Waals surface area contributed by atoms with Gasteiger partial charge in [-0.2, -0.15) is 0 Å². The van der Waals surface area contributed by atoms with Gasteiger partial charge in [-0.3, -0.25) is 10.1 Å². The number of rotatable bonds is 5. The molecule has 1 aromatic rings. The molecule has 0 fully saturated rings. The molecule has 0 aromatic heterocycles. The summed E-state index contributed by atoms with van der Waals surface area (Å²) in [5, 5.41) is 10.7. The maximum Gasteiger partial charge on any atom is 0.270 e. The summed E-state index contributed by atoms with van der Waals surface area (Å²) in [5.74, 6) is 0. The fourth-order valence-corrected chi connectivity index (χ4v) is 2.57. The van der Waals surface area contributed by atoms with Crippen molar-refractivity contribution in [2.45, 2.75) is 31.6 Å². The zero-order valence-corrected chi connectivity index (χ0v) is 11.9. The first-order chi connectivity index (χ1) is 7.54. The van der Waals surface area contributed by atoms with Crippen molar-refractivity contribution >= 4 is 39.9 Å². The van der Waals surface area contributed by atoms with E-state index in [-0.39, 0.29) is 16.0 Å². The topological polar surface area (TPSA) is 43.1 Å². The van der Waals surface area contributed by atoms with Gasteiger partial charge >= 0.3 is 0 Å². The summed E-state index contributed by atoms with van der Waals surface area (Å²) in [4.78, 5) is 10.2. The molecule has 0 N–H and O–H groups in total. The number of nitro groups is 1.